The molecule has 4 aromatic heterocycles. The predicted molar refractivity (Wildman–Crippen MR) is 315 cm³/mol. The highest BCUT2D eigenvalue weighted by Crippen LogP contribution is 2.27. The van der Waals surface area contributed by atoms with Crippen LogP contribution in [0.25, 0.3) is 45.0 Å². The minimum absolute atomic E-state index is 0.0492. The van der Waals surface area contributed by atoms with E-state index in [0.717, 1.165) is 56.2 Å². The lowest BCUT2D eigenvalue weighted by Crippen LogP contribution is -2.32. The fraction of sp³-hybridized carbons (Fsp3) is 0.371. The summed E-state index contributed by atoms with van der Waals surface area (Å²) in [5.41, 5.74) is 15.1. The molecular weight excluding hydrogens is 897 g/mol. The van der Waals surface area contributed by atoms with Crippen molar-refractivity contribution in [3.8, 4) is 45.0 Å². The lowest BCUT2D eigenvalue weighted by molar-refractivity contribution is -0.661. The molecule has 0 bridgehead atoms. The molecule has 0 aliphatic heterocycles. The summed E-state index contributed by atoms with van der Waals surface area (Å²) in [6.07, 6.45) is 3.13. The molecule has 4 heterocycles. The SMILES string of the molecule is [2H]C([2H])([2H])c1ccc(-c2cc(C)c(C([2H])([2H])[2H])c[n+]2C)c(C)c1.[2H]C([2H])([2H])c1ccc(-c2ccc(C([2H])([2H])C(C)(C)C)c[n+]2C)c(C)c1.[2H]C([2H])(c1ccc(-c2ccccc2C)[n+](C)c1)C(C)(C)C.[2H]C([2H])(c1ccc(-c2ccccc2C)[n+](C)c1)C(C)C. The number of hydrogen-bond donors (Lipinski definition) is 0. The van der Waals surface area contributed by atoms with Crippen LogP contribution in [0.1, 0.15) is 137 Å². The number of hydrogen-bond acceptors (Lipinski definition) is 0. The van der Waals surface area contributed by atoms with Crippen molar-refractivity contribution in [3.05, 3.63) is 213 Å². The van der Waals surface area contributed by atoms with Gasteiger partial charge in [0, 0.05) is 89.3 Å². The van der Waals surface area contributed by atoms with Gasteiger partial charge in [0.1, 0.15) is 28.2 Å². The van der Waals surface area contributed by atoms with Crippen LogP contribution in [-0.4, -0.2) is 0 Å². The average molecular weight is 1000 g/mol. The van der Waals surface area contributed by atoms with E-state index in [-0.39, 0.29) is 5.92 Å². The van der Waals surface area contributed by atoms with Crippen LogP contribution in [0.4, 0.5) is 0 Å². The summed E-state index contributed by atoms with van der Waals surface area (Å²) in [5.74, 6) is -0.0492. The second kappa shape index (κ2) is 25.6. The molecule has 0 saturated carbocycles. The van der Waals surface area contributed by atoms with Crippen LogP contribution in [0.2, 0.25) is 0 Å². The van der Waals surface area contributed by atoms with Crippen LogP contribution in [0.3, 0.4) is 0 Å². The van der Waals surface area contributed by atoms with Gasteiger partial charge in [-0.25, -0.2) is 18.3 Å². The van der Waals surface area contributed by atoms with Crippen LogP contribution in [0, 0.1) is 71.9 Å². The van der Waals surface area contributed by atoms with Gasteiger partial charge in [-0.2, -0.15) is 0 Å². The number of aryl methyl sites for hydroxylation is 12. The minimum Gasteiger partial charge on any atom is -0.201 e. The Bertz CT molecular complexity index is 3790. The molecule has 0 N–H and O–H groups in total. The third-order valence-corrected chi connectivity index (χ3v) is 12.2. The fourth-order valence-electron chi connectivity index (χ4n) is 8.73. The van der Waals surface area contributed by atoms with Gasteiger partial charge in [0.2, 0.25) is 22.8 Å². The van der Waals surface area contributed by atoms with Crippen LogP contribution < -0.4 is 18.3 Å². The number of aromatic nitrogens is 4. The summed E-state index contributed by atoms with van der Waals surface area (Å²) in [6, 6.07) is 40.1. The highest BCUT2D eigenvalue weighted by Gasteiger charge is 2.20. The van der Waals surface area contributed by atoms with Crippen molar-refractivity contribution in [2.75, 3.05) is 0 Å². The lowest BCUT2D eigenvalue weighted by atomic mass is 9.88. The molecule has 0 radical (unpaired) electrons. The summed E-state index contributed by atoms with van der Waals surface area (Å²) >= 11 is 0. The Labute approximate surface area is 470 Å². The molecule has 4 heteroatoms. The Hall–Kier alpha value is -6.52. The van der Waals surface area contributed by atoms with Crippen molar-refractivity contribution < 1.29 is 38.8 Å². The van der Waals surface area contributed by atoms with Crippen molar-refractivity contribution in [1.82, 2.24) is 0 Å². The third kappa shape index (κ3) is 17.0. The Morgan fingerprint density at radius 1 is 0.392 bits per heavy atom. The summed E-state index contributed by atoms with van der Waals surface area (Å²) in [5, 5.41) is 0. The molecule has 0 aliphatic carbocycles. The monoisotopic (exact) mass is 1000 g/mol. The smallest absolute Gasteiger partial charge is 0.201 e. The highest BCUT2D eigenvalue weighted by atomic mass is 14.9. The van der Waals surface area contributed by atoms with E-state index in [4.69, 9.17) is 20.6 Å². The van der Waals surface area contributed by atoms with Gasteiger partial charge in [-0.15, -0.1) is 0 Å². The average Bonchev–Trinajstić information content (AvgIpc) is 3.48. The lowest BCUT2D eigenvalue weighted by Gasteiger charge is -2.17. The van der Waals surface area contributed by atoms with Crippen LogP contribution >= 0.6 is 0 Å². The van der Waals surface area contributed by atoms with Crippen LogP contribution in [-0.2, 0) is 47.3 Å². The van der Waals surface area contributed by atoms with Gasteiger partial charge in [-0.1, -0.05) is 127 Å². The molecule has 0 saturated heterocycles. The van der Waals surface area contributed by atoms with Gasteiger partial charge in [0.05, 0.1) is 0 Å². The third-order valence-electron chi connectivity index (χ3n) is 12.2. The van der Waals surface area contributed by atoms with E-state index in [9.17, 15) is 0 Å². The van der Waals surface area contributed by atoms with Gasteiger partial charge in [0.25, 0.3) is 0 Å². The van der Waals surface area contributed by atoms with Gasteiger partial charge in [-0.3, -0.25) is 0 Å². The molecule has 8 rings (SSSR count). The predicted octanol–water partition coefficient (Wildman–Crippen LogP) is 15.6. The summed E-state index contributed by atoms with van der Waals surface area (Å²) < 4.78 is 125. The number of benzene rings is 4. The molecule has 4 nitrogen and oxygen atoms in total. The fourth-order valence-corrected chi connectivity index (χ4v) is 8.73. The van der Waals surface area contributed by atoms with E-state index in [1.54, 1.807) is 55.1 Å². The molecule has 0 atom stereocenters. The van der Waals surface area contributed by atoms with Crippen molar-refractivity contribution in [1.29, 1.82) is 0 Å². The number of rotatable bonds is 8. The molecule has 388 valence electrons. The van der Waals surface area contributed by atoms with Gasteiger partial charge >= 0.3 is 0 Å². The van der Waals surface area contributed by atoms with Gasteiger partial charge in [-0.05, 0) is 161 Å². The van der Waals surface area contributed by atoms with Crippen LogP contribution in [0.15, 0.2) is 152 Å². The Morgan fingerprint density at radius 3 is 1.14 bits per heavy atom. The summed E-state index contributed by atoms with van der Waals surface area (Å²) in [7, 11) is 7.63. The zero-order chi connectivity index (χ0) is 67.5. The maximum absolute atomic E-state index is 8.42. The summed E-state index contributed by atoms with van der Waals surface area (Å²) in [6.45, 7) is 18.6. The maximum Gasteiger partial charge on any atom is 0.212 e. The highest BCUT2D eigenvalue weighted by molar-refractivity contribution is 5.64. The molecule has 0 fully saturated rings. The topological polar surface area (TPSA) is 15.5 Å². The first-order valence-corrected chi connectivity index (χ1v) is 25.5. The molecule has 8 aromatic rings. The van der Waals surface area contributed by atoms with Crippen LogP contribution in [0.5, 0.6) is 0 Å². The van der Waals surface area contributed by atoms with E-state index in [1.165, 1.54) is 22.3 Å². The van der Waals surface area contributed by atoms with Crippen molar-refractivity contribution in [2.24, 2.45) is 44.9 Å². The molecule has 0 spiro atoms. The first-order chi connectivity index (χ1) is 40.6. The van der Waals surface area contributed by atoms with Crippen molar-refractivity contribution in [3.63, 3.8) is 0 Å². The second-order valence-corrected chi connectivity index (χ2v) is 21.8. The normalized spacial score (nSPS) is 15.4. The Morgan fingerprint density at radius 2 is 0.770 bits per heavy atom. The van der Waals surface area contributed by atoms with E-state index < -0.39 is 50.5 Å². The molecule has 74 heavy (non-hydrogen) atoms. The molecule has 0 aliphatic rings. The van der Waals surface area contributed by atoms with E-state index in [0.29, 0.717) is 27.8 Å². The molecular formula is C70H92N4+4. The first-order valence-electron chi connectivity index (χ1n) is 33.0. The van der Waals surface area contributed by atoms with E-state index >= 15 is 0 Å². The number of pyridine rings is 4. The van der Waals surface area contributed by atoms with E-state index in [1.807, 2.05) is 195 Å². The minimum atomic E-state index is -2.15. The second-order valence-electron chi connectivity index (χ2n) is 21.8. The zero-order valence-corrected chi connectivity index (χ0v) is 47.3. The van der Waals surface area contributed by atoms with E-state index in [2.05, 4.69) is 38.1 Å². The molecule has 0 unspecified atom stereocenters. The largest absolute Gasteiger partial charge is 0.212 e. The Balaban J connectivity index is 0.000000217. The maximum atomic E-state index is 8.42. The Kier molecular flexibility index (Phi) is 13.8. The standard InChI is InChI=1S/C19H26N.C18H24N.C17H22N.C16H20N/c1-14-7-9-17(15(2)11-14)18-10-8-16(13-20(18)6)12-19(3,4)5;1-14-8-6-7-9-16(14)17-11-10-15(13-19(17)5)12-18(2,3)4;1-13(2)11-15-9-10-17(18(4)12-15)16-8-6-5-7-14(16)3;1-11-6-7-15(13(3)8-11)16-9-12(2)14(4)10-17(16)5/h7-11,13H,12H2,1-6H3;6-11,13H,12H2,1-5H3;5-10,12-13H,11H2,1-4H3;6-10H,1-5H3/q4*+1/i1D3,12D2;12D2;11D2;1D3,4D3. The van der Waals surface area contributed by atoms with Gasteiger partial charge in [0.15, 0.2) is 24.8 Å². The number of nitrogens with zero attached hydrogens (tertiary/aromatic N) is 4. The summed E-state index contributed by atoms with van der Waals surface area (Å²) in [4.78, 5) is 0. The van der Waals surface area contributed by atoms with Gasteiger partial charge < -0.3 is 0 Å². The molecule has 4 aromatic carbocycles. The first kappa shape index (κ1) is 39.9. The molecule has 0 amide bonds. The van der Waals surface area contributed by atoms with Crippen molar-refractivity contribution >= 4 is 0 Å². The zero-order valence-electron chi connectivity index (χ0n) is 62.3. The van der Waals surface area contributed by atoms with Crippen molar-refractivity contribution in [2.45, 2.75) is 130 Å². The quantitative estimate of drug-likeness (QED) is 0.135.